The Balaban J connectivity index is 1.30. The molecule has 298 valence electrons. The van der Waals surface area contributed by atoms with Crippen LogP contribution in [-0.2, 0) is 27.5 Å². The van der Waals surface area contributed by atoms with Gasteiger partial charge in [-0.05, 0) is 63.6 Å². The van der Waals surface area contributed by atoms with Gasteiger partial charge in [-0.2, -0.15) is 26.3 Å². The van der Waals surface area contributed by atoms with Gasteiger partial charge < -0.3 is 29.2 Å². The molecule has 1 aliphatic carbocycles. The highest BCUT2D eigenvalue weighted by atomic mass is 32.1. The van der Waals surface area contributed by atoms with Gasteiger partial charge in [0.2, 0.25) is 5.60 Å². The molecular formula is C39H43F6N3O6S. The predicted molar refractivity (Wildman–Crippen MR) is 189 cm³/mol. The molecule has 0 unspecified atom stereocenters. The molecule has 3 fully saturated rings. The van der Waals surface area contributed by atoms with Crippen molar-refractivity contribution >= 4 is 28.9 Å². The SMILES string of the molecule is CCC[C@H]1N(C(=O)c2ncccc2C(F)(F)F)CCC[C@@]1(Oc1csc(C(F)(F)F)c1)C(=O)N1CCC(O)(c2ccccc2OCC2(CC(C)=O)CC2)CC1. The number of alkyl halides is 6. The summed E-state index contributed by atoms with van der Waals surface area (Å²) in [5, 5.41) is 13.1. The smallest absolute Gasteiger partial charge is 0.425 e. The van der Waals surface area contributed by atoms with Gasteiger partial charge in [-0.15, -0.1) is 11.3 Å². The van der Waals surface area contributed by atoms with Gasteiger partial charge in [0.1, 0.15) is 27.9 Å². The molecule has 2 saturated heterocycles. The molecule has 0 radical (unpaired) electrons. The summed E-state index contributed by atoms with van der Waals surface area (Å²) in [6.45, 7) is 3.54. The number of ether oxygens (including phenoxy) is 2. The van der Waals surface area contributed by atoms with E-state index >= 15 is 0 Å². The lowest BCUT2D eigenvalue weighted by Gasteiger charge is -2.51. The highest BCUT2D eigenvalue weighted by molar-refractivity contribution is 7.10. The van der Waals surface area contributed by atoms with E-state index in [1.54, 1.807) is 38.1 Å². The molecule has 2 amide bonds. The number of aliphatic hydroxyl groups is 1. The second-order valence-corrected chi connectivity index (χ2v) is 15.8. The van der Waals surface area contributed by atoms with Crippen LogP contribution < -0.4 is 9.47 Å². The first-order valence-electron chi connectivity index (χ1n) is 18.3. The Morgan fingerprint density at radius 2 is 1.67 bits per heavy atom. The zero-order valence-electron chi connectivity index (χ0n) is 30.5. The van der Waals surface area contributed by atoms with Gasteiger partial charge in [-0.25, -0.2) is 0 Å². The first kappa shape index (κ1) is 40.5. The van der Waals surface area contributed by atoms with Crippen molar-refractivity contribution in [1.29, 1.82) is 0 Å². The fourth-order valence-corrected chi connectivity index (χ4v) is 8.65. The lowest BCUT2D eigenvalue weighted by atomic mass is 9.78. The summed E-state index contributed by atoms with van der Waals surface area (Å²) >= 11 is 0.373. The summed E-state index contributed by atoms with van der Waals surface area (Å²) in [5.74, 6) is -1.45. The van der Waals surface area contributed by atoms with E-state index < -0.39 is 57.5 Å². The number of aromatic nitrogens is 1. The Labute approximate surface area is 318 Å². The number of amides is 2. The summed E-state index contributed by atoms with van der Waals surface area (Å²) in [6.07, 6.45) is -5.84. The van der Waals surface area contributed by atoms with Crippen molar-refractivity contribution in [3.05, 3.63) is 75.7 Å². The number of carbonyl (C=O) groups excluding carboxylic acids is 3. The zero-order valence-corrected chi connectivity index (χ0v) is 31.3. The second-order valence-electron chi connectivity index (χ2n) is 14.9. The molecule has 3 aromatic rings. The number of hydrogen-bond donors (Lipinski definition) is 1. The third-order valence-corrected chi connectivity index (χ3v) is 11.9. The van der Waals surface area contributed by atoms with Gasteiger partial charge in [0.25, 0.3) is 11.8 Å². The number of ketones is 1. The third-order valence-electron chi connectivity index (χ3n) is 10.9. The summed E-state index contributed by atoms with van der Waals surface area (Å²) in [7, 11) is 0. The van der Waals surface area contributed by atoms with Crippen LogP contribution in [0.3, 0.4) is 0 Å². The molecular weight excluding hydrogens is 752 g/mol. The van der Waals surface area contributed by atoms with Crippen molar-refractivity contribution in [2.45, 2.75) is 101 Å². The number of para-hydroxylation sites is 1. The number of pyridine rings is 1. The topological polar surface area (TPSA) is 109 Å². The van der Waals surface area contributed by atoms with Crippen LogP contribution in [0.4, 0.5) is 26.3 Å². The number of hydrogen-bond acceptors (Lipinski definition) is 8. The molecule has 55 heavy (non-hydrogen) atoms. The molecule has 2 aliphatic heterocycles. The van der Waals surface area contributed by atoms with E-state index in [0.717, 1.165) is 47.5 Å². The van der Waals surface area contributed by atoms with E-state index in [0.29, 0.717) is 42.1 Å². The number of carbonyl (C=O) groups is 3. The minimum atomic E-state index is -4.91. The molecule has 3 aliphatic rings. The maximum atomic E-state index is 14.9. The average Bonchev–Trinajstić information content (AvgIpc) is 3.72. The van der Waals surface area contributed by atoms with E-state index in [1.807, 2.05) is 0 Å². The van der Waals surface area contributed by atoms with Crippen molar-refractivity contribution in [2.24, 2.45) is 5.41 Å². The number of thiophene rings is 1. The minimum Gasteiger partial charge on any atom is -0.493 e. The van der Waals surface area contributed by atoms with Gasteiger partial charge >= 0.3 is 12.4 Å². The highest BCUT2D eigenvalue weighted by Crippen LogP contribution is 2.50. The van der Waals surface area contributed by atoms with E-state index in [9.17, 15) is 45.8 Å². The highest BCUT2D eigenvalue weighted by Gasteiger charge is 2.57. The van der Waals surface area contributed by atoms with Crippen molar-refractivity contribution in [3.63, 3.8) is 0 Å². The molecule has 2 aromatic heterocycles. The van der Waals surface area contributed by atoms with E-state index in [2.05, 4.69) is 4.98 Å². The third kappa shape index (κ3) is 8.49. The Kier molecular flexibility index (Phi) is 11.3. The molecule has 0 spiro atoms. The average molecular weight is 796 g/mol. The minimum absolute atomic E-state index is 0.00819. The molecule has 4 heterocycles. The maximum absolute atomic E-state index is 14.9. The van der Waals surface area contributed by atoms with Gasteiger partial charge in [-0.1, -0.05) is 31.5 Å². The zero-order chi connectivity index (χ0) is 39.8. The maximum Gasteiger partial charge on any atom is 0.425 e. The van der Waals surface area contributed by atoms with Crippen LogP contribution in [0, 0.1) is 5.41 Å². The molecule has 2 atom stereocenters. The van der Waals surface area contributed by atoms with Crippen molar-refractivity contribution in [1.82, 2.24) is 14.8 Å². The summed E-state index contributed by atoms with van der Waals surface area (Å²) in [6, 6.07) is 8.41. The van der Waals surface area contributed by atoms with Gasteiger partial charge in [-0.3, -0.25) is 14.6 Å². The molecule has 0 bridgehead atoms. The summed E-state index contributed by atoms with van der Waals surface area (Å²) in [5.41, 5.74) is -5.24. The first-order chi connectivity index (χ1) is 25.9. The lowest BCUT2D eigenvalue weighted by molar-refractivity contribution is -0.163. The van der Waals surface area contributed by atoms with E-state index in [4.69, 9.17) is 9.47 Å². The Morgan fingerprint density at radius 3 is 2.29 bits per heavy atom. The standard InChI is InChI=1S/C39H43F6N3O6S/c1-3-8-30-37(54-26-21-31(55-23-26)39(43,44)45,12-7-18-48(30)33(50)32-28(38(40,41)42)10-6-17-46-32)34(51)47-19-15-36(52,16-20-47)27-9-4-5-11-29(27)53-24-35(13-14-35)22-25(2)49/h4-6,9-11,17,21,23,30,52H,3,7-8,12-16,18-20,22,24H2,1-2H3/t30-,37+/m1/s1. The van der Waals surface area contributed by atoms with Crippen LogP contribution in [-0.4, -0.2) is 75.4 Å². The Hall–Kier alpha value is -4.18. The molecule has 6 rings (SSSR count). The van der Waals surface area contributed by atoms with Crippen LogP contribution >= 0.6 is 11.3 Å². The van der Waals surface area contributed by atoms with Gasteiger partial charge in [0, 0.05) is 61.1 Å². The van der Waals surface area contributed by atoms with Crippen LogP contribution in [0.15, 0.2) is 54.0 Å². The number of rotatable bonds is 12. The van der Waals surface area contributed by atoms with E-state index in [1.165, 1.54) is 4.90 Å². The van der Waals surface area contributed by atoms with Crippen LogP contribution in [0.5, 0.6) is 11.5 Å². The van der Waals surface area contributed by atoms with Gasteiger partial charge in [0.15, 0.2) is 0 Å². The summed E-state index contributed by atoms with van der Waals surface area (Å²) < 4.78 is 95.8. The van der Waals surface area contributed by atoms with Crippen LogP contribution in [0.2, 0.25) is 0 Å². The van der Waals surface area contributed by atoms with Crippen molar-refractivity contribution < 1.29 is 55.3 Å². The molecule has 16 heteroatoms. The van der Waals surface area contributed by atoms with Crippen molar-refractivity contribution in [3.8, 4) is 11.5 Å². The lowest BCUT2D eigenvalue weighted by Crippen LogP contribution is -2.68. The number of halogens is 6. The largest absolute Gasteiger partial charge is 0.493 e. The predicted octanol–water partition coefficient (Wildman–Crippen LogP) is 8.05. The number of piperidine rings is 2. The van der Waals surface area contributed by atoms with Gasteiger partial charge in [0.05, 0.1) is 23.8 Å². The molecule has 9 nitrogen and oxygen atoms in total. The number of nitrogens with zero attached hydrogens (tertiary/aromatic N) is 3. The quantitative estimate of drug-likeness (QED) is 0.185. The summed E-state index contributed by atoms with van der Waals surface area (Å²) in [4.78, 5) is 46.2. The van der Waals surface area contributed by atoms with Crippen LogP contribution in [0.1, 0.15) is 98.1 Å². The molecule has 1 N–H and O–H groups in total. The van der Waals surface area contributed by atoms with E-state index in [-0.39, 0.29) is 68.7 Å². The number of Topliss-reactive ketones (excluding diaryl/α,β-unsaturated/α-hetero) is 1. The molecule has 1 saturated carbocycles. The Bertz CT molecular complexity index is 1890. The second kappa shape index (κ2) is 15.4. The first-order valence-corrected chi connectivity index (χ1v) is 19.2. The van der Waals surface area contributed by atoms with Crippen molar-refractivity contribution in [2.75, 3.05) is 26.2 Å². The fraction of sp³-hybridized carbons (Fsp3) is 0.538. The van der Waals surface area contributed by atoms with Crippen LogP contribution in [0.25, 0.3) is 0 Å². The molecule has 1 aromatic carbocycles. The fourth-order valence-electron chi connectivity index (χ4n) is 7.98. The number of likely N-dealkylation sites (tertiary alicyclic amines) is 2. The Morgan fingerprint density at radius 1 is 0.964 bits per heavy atom. The monoisotopic (exact) mass is 795 g/mol. The number of benzene rings is 1. The normalized spacial score (nSPS) is 22.2.